The predicted molar refractivity (Wildman–Crippen MR) is 96.7 cm³/mol. The summed E-state index contributed by atoms with van der Waals surface area (Å²) in [6.45, 7) is -1.36. The maximum absolute atomic E-state index is 12.6. The number of ether oxygens (including phenoxy) is 2. The fourth-order valence-corrected chi connectivity index (χ4v) is 2.46. The topological polar surface area (TPSA) is 47.6 Å². The smallest absolute Gasteiger partial charge is 0.416 e. The summed E-state index contributed by atoms with van der Waals surface area (Å²) in [6.07, 6.45) is -1.78. The summed E-state index contributed by atoms with van der Waals surface area (Å²) in [5.74, 6) is -0.546. The normalized spacial score (nSPS) is 12.8. The summed E-state index contributed by atoms with van der Waals surface area (Å²) in [5, 5.41) is 2.63. The summed E-state index contributed by atoms with van der Waals surface area (Å²) >= 11 is 0. The molecule has 0 aliphatic carbocycles. The Labute approximate surface area is 163 Å². The van der Waals surface area contributed by atoms with Gasteiger partial charge in [0.2, 0.25) is 5.91 Å². The molecule has 0 spiro atoms. The molecule has 1 N–H and O–H groups in total. The third-order valence-corrected chi connectivity index (χ3v) is 3.93. The van der Waals surface area contributed by atoms with Crippen LogP contribution in [0.3, 0.4) is 0 Å². The highest BCUT2D eigenvalue weighted by Gasteiger charge is 2.30. The third kappa shape index (κ3) is 6.48. The van der Waals surface area contributed by atoms with Crippen LogP contribution in [0.25, 0.3) is 6.08 Å². The largest absolute Gasteiger partial charge is 0.493 e. The van der Waals surface area contributed by atoms with E-state index in [2.05, 4.69) is 10.1 Å². The van der Waals surface area contributed by atoms with Crippen molar-refractivity contribution < 1.29 is 36.2 Å². The van der Waals surface area contributed by atoms with Crippen LogP contribution in [0.5, 0.6) is 11.5 Å². The molecule has 0 bridgehead atoms. The van der Waals surface area contributed by atoms with Gasteiger partial charge >= 0.3 is 12.8 Å². The predicted octanol–water partition coefficient (Wildman–Crippen LogP) is 5.21. The standard InChI is InChI=1S/C20H18F5NO3/c1-12(14-5-7-15(8-6-14)20(23,24)25)26-18(27)10-4-13-3-9-16(29-19(21)22)17(11-13)28-2/h3-12,19H,1-2H3,(H,26,27)/b10-4+. The number of amides is 1. The summed E-state index contributed by atoms with van der Waals surface area (Å²) in [7, 11) is 1.29. The molecular weight excluding hydrogens is 397 g/mol. The van der Waals surface area contributed by atoms with Gasteiger partial charge in [0.25, 0.3) is 0 Å². The Morgan fingerprint density at radius 3 is 2.28 bits per heavy atom. The first-order chi connectivity index (χ1) is 13.6. The Bertz CT molecular complexity index is 863. The molecule has 156 valence electrons. The van der Waals surface area contributed by atoms with Gasteiger partial charge in [0.1, 0.15) is 0 Å². The van der Waals surface area contributed by atoms with Crippen LogP contribution < -0.4 is 14.8 Å². The molecule has 1 unspecified atom stereocenters. The average Bonchev–Trinajstić information content (AvgIpc) is 2.66. The van der Waals surface area contributed by atoms with Crippen molar-refractivity contribution in [1.82, 2.24) is 5.32 Å². The lowest BCUT2D eigenvalue weighted by Gasteiger charge is -2.14. The molecule has 0 saturated carbocycles. The molecule has 0 aliphatic heterocycles. The molecule has 2 aromatic carbocycles. The number of hydrogen-bond donors (Lipinski definition) is 1. The lowest BCUT2D eigenvalue weighted by Crippen LogP contribution is -2.24. The van der Waals surface area contributed by atoms with Gasteiger partial charge in [0, 0.05) is 6.08 Å². The van der Waals surface area contributed by atoms with Gasteiger partial charge in [0.05, 0.1) is 18.7 Å². The van der Waals surface area contributed by atoms with Crippen LogP contribution in [-0.2, 0) is 11.0 Å². The number of rotatable bonds is 7. The zero-order chi connectivity index (χ0) is 21.6. The minimum Gasteiger partial charge on any atom is -0.493 e. The molecule has 2 rings (SSSR count). The number of benzene rings is 2. The lowest BCUT2D eigenvalue weighted by atomic mass is 10.1. The van der Waals surface area contributed by atoms with E-state index in [0.717, 1.165) is 12.1 Å². The Morgan fingerprint density at radius 1 is 1.07 bits per heavy atom. The van der Waals surface area contributed by atoms with E-state index in [4.69, 9.17) is 4.74 Å². The zero-order valence-electron chi connectivity index (χ0n) is 15.5. The molecule has 1 atom stereocenters. The lowest BCUT2D eigenvalue weighted by molar-refractivity contribution is -0.137. The highest BCUT2D eigenvalue weighted by Crippen LogP contribution is 2.31. The van der Waals surface area contributed by atoms with Crippen LogP contribution in [0.15, 0.2) is 48.5 Å². The van der Waals surface area contributed by atoms with Crippen LogP contribution >= 0.6 is 0 Å². The molecule has 0 radical (unpaired) electrons. The second-order valence-corrected chi connectivity index (χ2v) is 5.97. The van der Waals surface area contributed by atoms with Gasteiger partial charge in [-0.05, 0) is 48.4 Å². The molecule has 4 nitrogen and oxygen atoms in total. The van der Waals surface area contributed by atoms with Gasteiger partial charge in [-0.3, -0.25) is 4.79 Å². The van der Waals surface area contributed by atoms with E-state index >= 15 is 0 Å². The molecule has 2 aromatic rings. The number of carbonyl (C=O) groups excluding carboxylic acids is 1. The zero-order valence-corrected chi connectivity index (χ0v) is 15.5. The minimum atomic E-state index is -4.43. The molecule has 29 heavy (non-hydrogen) atoms. The second-order valence-electron chi connectivity index (χ2n) is 5.97. The summed E-state index contributed by atoms with van der Waals surface area (Å²) in [6, 6.07) is 8.13. The van der Waals surface area contributed by atoms with Crippen molar-refractivity contribution in [1.29, 1.82) is 0 Å². The first-order valence-electron chi connectivity index (χ1n) is 8.38. The molecule has 0 heterocycles. The van der Waals surface area contributed by atoms with Gasteiger partial charge in [-0.2, -0.15) is 22.0 Å². The summed E-state index contributed by atoms with van der Waals surface area (Å²) in [5.41, 5.74) is 0.239. The molecule has 0 saturated heterocycles. The first-order valence-corrected chi connectivity index (χ1v) is 8.38. The van der Waals surface area contributed by atoms with Crippen LogP contribution in [0.4, 0.5) is 22.0 Å². The summed E-state index contributed by atoms with van der Waals surface area (Å²) in [4.78, 5) is 12.1. The number of hydrogen-bond acceptors (Lipinski definition) is 3. The van der Waals surface area contributed by atoms with E-state index in [-0.39, 0.29) is 11.5 Å². The van der Waals surface area contributed by atoms with Crippen molar-refractivity contribution in [3.05, 3.63) is 65.2 Å². The Hall–Kier alpha value is -3.10. The summed E-state index contributed by atoms with van der Waals surface area (Å²) < 4.78 is 71.8. The number of halogens is 5. The first kappa shape index (κ1) is 22.2. The monoisotopic (exact) mass is 415 g/mol. The van der Waals surface area contributed by atoms with Gasteiger partial charge in [-0.15, -0.1) is 0 Å². The Balaban J connectivity index is 2.01. The number of nitrogens with one attached hydrogen (secondary N) is 1. The van der Waals surface area contributed by atoms with Crippen LogP contribution in [0.2, 0.25) is 0 Å². The number of methoxy groups -OCH3 is 1. The van der Waals surface area contributed by atoms with Gasteiger partial charge in [-0.25, -0.2) is 0 Å². The maximum Gasteiger partial charge on any atom is 0.416 e. The van der Waals surface area contributed by atoms with E-state index in [1.165, 1.54) is 49.6 Å². The molecule has 9 heteroatoms. The van der Waals surface area contributed by atoms with Crippen molar-refractivity contribution in [3.63, 3.8) is 0 Å². The Kier molecular flexibility index (Phi) is 7.19. The van der Waals surface area contributed by atoms with E-state index in [1.54, 1.807) is 6.92 Å². The fourth-order valence-electron chi connectivity index (χ4n) is 2.46. The van der Waals surface area contributed by atoms with Crippen LogP contribution in [-0.4, -0.2) is 19.6 Å². The molecule has 1 amide bonds. The van der Waals surface area contributed by atoms with Gasteiger partial charge in [-0.1, -0.05) is 18.2 Å². The minimum absolute atomic E-state index is 0.0750. The third-order valence-electron chi connectivity index (χ3n) is 3.93. The highest BCUT2D eigenvalue weighted by molar-refractivity contribution is 5.92. The molecule has 0 fully saturated rings. The number of carbonyl (C=O) groups is 1. The van der Waals surface area contributed by atoms with Gasteiger partial charge in [0.15, 0.2) is 11.5 Å². The van der Waals surface area contributed by atoms with Crippen LogP contribution in [0, 0.1) is 0 Å². The number of alkyl halides is 5. The van der Waals surface area contributed by atoms with Gasteiger partial charge < -0.3 is 14.8 Å². The van der Waals surface area contributed by atoms with E-state index < -0.39 is 30.3 Å². The van der Waals surface area contributed by atoms with E-state index in [9.17, 15) is 26.7 Å². The molecule has 0 aromatic heterocycles. The Morgan fingerprint density at radius 2 is 1.72 bits per heavy atom. The molecule has 0 aliphatic rings. The van der Waals surface area contributed by atoms with E-state index in [1.807, 2.05) is 0 Å². The van der Waals surface area contributed by atoms with E-state index in [0.29, 0.717) is 11.1 Å². The van der Waals surface area contributed by atoms with Crippen molar-refractivity contribution in [3.8, 4) is 11.5 Å². The van der Waals surface area contributed by atoms with Crippen molar-refractivity contribution in [2.24, 2.45) is 0 Å². The quantitative estimate of drug-likeness (QED) is 0.499. The highest BCUT2D eigenvalue weighted by atomic mass is 19.4. The molecular formula is C20H18F5NO3. The fraction of sp³-hybridized carbons (Fsp3) is 0.250. The van der Waals surface area contributed by atoms with Crippen molar-refractivity contribution >= 4 is 12.0 Å². The SMILES string of the molecule is COc1cc(/C=C/C(=O)NC(C)c2ccc(C(F)(F)F)cc2)ccc1OC(F)F. The van der Waals surface area contributed by atoms with Crippen LogP contribution in [0.1, 0.15) is 29.7 Å². The second kappa shape index (κ2) is 9.40. The van der Waals surface area contributed by atoms with Crippen molar-refractivity contribution in [2.45, 2.75) is 25.8 Å². The maximum atomic E-state index is 12.6. The van der Waals surface area contributed by atoms with Crippen molar-refractivity contribution in [2.75, 3.05) is 7.11 Å². The average molecular weight is 415 g/mol.